The molecule has 2 rings (SSSR count). The number of ketones is 1. The number of nitrogens with one attached hydrogen (secondary N) is 3. The van der Waals surface area contributed by atoms with E-state index in [4.69, 9.17) is 19.7 Å². The first kappa shape index (κ1) is 50.9. The van der Waals surface area contributed by atoms with Crippen molar-refractivity contribution in [1.29, 1.82) is 0 Å². The summed E-state index contributed by atoms with van der Waals surface area (Å²) in [5.41, 5.74) is -0.218. The standard InChI is InChI=1S/C21H31N5O6.C12H23NO4.CH3Cl.CH4O/c1-14(8-5-6-12-23-20(28)31-21(2,3)4)17(27)9-7-13-22-15-10-11-16(26(29)30)19-18(15)24-32-25-19;1-9(10(14)15)7-5-6-8-13-11(16)17-12(2,3)4;2*1-2/h10-11,14,22H,5-9,12-13H2,1-4H3,(H,23,28);9H,5-8H2,1-4H3,(H,13,16)(H,14,15);1H3;2H,1H3/t14-;9-;;/m00../s1. The molecule has 304 valence electrons. The van der Waals surface area contributed by atoms with Gasteiger partial charge in [-0.25, -0.2) is 14.2 Å². The fourth-order valence-corrected chi connectivity index (χ4v) is 4.32. The Morgan fingerprint density at radius 3 is 1.74 bits per heavy atom. The van der Waals surface area contributed by atoms with E-state index >= 15 is 0 Å². The zero-order valence-corrected chi connectivity index (χ0v) is 33.6. The Kier molecular flexibility index (Phi) is 26.3. The van der Waals surface area contributed by atoms with Gasteiger partial charge < -0.3 is 35.6 Å². The van der Waals surface area contributed by atoms with Gasteiger partial charge in [-0.3, -0.25) is 19.7 Å². The third-order valence-electron chi connectivity index (χ3n) is 6.94. The number of carboxylic acids is 1. The summed E-state index contributed by atoms with van der Waals surface area (Å²) in [6.45, 7) is 16.0. The van der Waals surface area contributed by atoms with Gasteiger partial charge in [0.1, 0.15) is 17.0 Å². The highest BCUT2D eigenvalue weighted by Gasteiger charge is 2.20. The highest BCUT2D eigenvalue weighted by Crippen LogP contribution is 2.28. The molecule has 18 heteroatoms. The van der Waals surface area contributed by atoms with E-state index in [9.17, 15) is 29.3 Å². The molecule has 0 saturated heterocycles. The number of aliphatic hydroxyl groups is 1. The maximum Gasteiger partial charge on any atom is 0.407 e. The van der Waals surface area contributed by atoms with Gasteiger partial charge in [0.2, 0.25) is 5.52 Å². The van der Waals surface area contributed by atoms with E-state index in [-0.39, 0.29) is 28.8 Å². The molecule has 17 nitrogen and oxygen atoms in total. The Morgan fingerprint density at radius 1 is 0.811 bits per heavy atom. The maximum atomic E-state index is 12.3. The van der Waals surface area contributed by atoms with Crippen molar-refractivity contribution in [2.24, 2.45) is 11.8 Å². The summed E-state index contributed by atoms with van der Waals surface area (Å²) in [4.78, 5) is 56.2. The van der Waals surface area contributed by atoms with Gasteiger partial charge in [-0.15, -0.1) is 11.6 Å². The predicted octanol–water partition coefficient (Wildman–Crippen LogP) is 7.09. The van der Waals surface area contributed by atoms with Crippen LogP contribution < -0.4 is 16.0 Å². The second kappa shape index (κ2) is 27.4. The van der Waals surface area contributed by atoms with E-state index in [1.54, 1.807) is 33.8 Å². The minimum Gasteiger partial charge on any atom is -0.481 e. The Hall–Kier alpha value is -4.25. The number of carboxylic acid groups (broad SMARTS) is 1. The van der Waals surface area contributed by atoms with Gasteiger partial charge >= 0.3 is 23.8 Å². The molecule has 0 bridgehead atoms. The molecule has 53 heavy (non-hydrogen) atoms. The first-order chi connectivity index (χ1) is 24.8. The molecule has 5 N–H and O–H groups in total. The molecule has 0 saturated carbocycles. The SMILES string of the molecule is CCl.CO.C[C@@H](CCCCNC(=O)OC(C)(C)C)C(=O)CCCNc1ccc([N+](=O)[O-])c2nonc12.C[C@@H](CCCCNC(=O)OC(C)(C)C)C(=O)O. The van der Waals surface area contributed by atoms with E-state index in [1.807, 2.05) is 27.7 Å². The number of hydrogen-bond donors (Lipinski definition) is 5. The second-order valence-electron chi connectivity index (χ2n) is 13.8. The summed E-state index contributed by atoms with van der Waals surface area (Å²) in [7, 11) is 1.00. The lowest BCUT2D eigenvalue weighted by Gasteiger charge is -2.19. The third kappa shape index (κ3) is 24.6. The van der Waals surface area contributed by atoms with Gasteiger partial charge in [-0.1, -0.05) is 26.7 Å². The highest BCUT2D eigenvalue weighted by molar-refractivity contribution is 6.15. The van der Waals surface area contributed by atoms with Crippen LogP contribution in [0.2, 0.25) is 0 Å². The number of carbonyl (C=O) groups excluding carboxylic acids is 3. The Balaban J connectivity index is 0. The summed E-state index contributed by atoms with van der Waals surface area (Å²) in [5, 5.41) is 42.5. The van der Waals surface area contributed by atoms with E-state index < -0.39 is 34.3 Å². The summed E-state index contributed by atoms with van der Waals surface area (Å²) in [6.07, 6.45) is 6.21. The lowest BCUT2D eigenvalue weighted by molar-refractivity contribution is -0.383. The molecule has 0 aliphatic rings. The number of Topliss-reactive ketones (excluding diaryl/α,β-unsaturated/α-hetero) is 1. The van der Waals surface area contributed by atoms with Crippen LogP contribution in [0.1, 0.15) is 107 Å². The number of aliphatic carboxylic acids is 1. The number of unbranched alkanes of at least 4 members (excludes halogenated alkanes) is 2. The van der Waals surface area contributed by atoms with Gasteiger partial charge in [0, 0.05) is 51.5 Å². The molecule has 0 aliphatic heterocycles. The number of aliphatic hydroxyl groups excluding tert-OH is 1. The molecule has 0 radical (unpaired) electrons. The van der Waals surface area contributed by atoms with Crippen LogP contribution in [0, 0.1) is 22.0 Å². The zero-order chi connectivity index (χ0) is 41.2. The molecule has 0 spiro atoms. The van der Waals surface area contributed by atoms with Gasteiger partial charge in [0.15, 0.2) is 5.52 Å². The quantitative estimate of drug-likeness (QED) is 0.0439. The number of non-ortho nitro benzene ring substituents is 1. The fraction of sp³-hybridized carbons (Fsp3) is 0.714. The number of fused-ring (bicyclic) bond motifs is 1. The first-order valence-corrected chi connectivity index (χ1v) is 18.2. The number of nitro benzene ring substituents is 1. The van der Waals surface area contributed by atoms with Gasteiger partial charge in [-0.2, -0.15) is 0 Å². The number of nitro groups is 1. The van der Waals surface area contributed by atoms with Gasteiger partial charge in [0.25, 0.3) is 0 Å². The molecule has 2 aromatic rings. The Labute approximate surface area is 317 Å². The number of carbonyl (C=O) groups is 4. The van der Waals surface area contributed by atoms with Crippen LogP contribution in [-0.4, -0.2) is 93.7 Å². The van der Waals surface area contributed by atoms with Crippen molar-refractivity contribution in [1.82, 2.24) is 20.9 Å². The fourth-order valence-electron chi connectivity index (χ4n) is 4.32. The van der Waals surface area contributed by atoms with E-state index in [2.05, 4.69) is 42.5 Å². The molecule has 0 fully saturated rings. The summed E-state index contributed by atoms with van der Waals surface area (Å²) in [5.74, 6) is -0.965. The van der Waals surface area contributed by atoms with Crippen LogP contribution >= 0.6 is 11.6 Å². The van der Waals surface area contributed by atoms with E-state index in [1.165, 1.54) is 12.4 Å². The number of alkyl halides is 1. The molecule has 2 amide bonds. The number of halogens is 1. The third-order valence-corrected chi connectivity index (χ3v) is 6.94. The molecule has 1 heterocycles. The average molecular weight is 777 g/mol. The van der Waals surface area contributed by atoms with Crippen LogP contribution in [0.5, 0.6) is 0 Å². The minimum absolute atomic E-state index is 0.0534. The van der Waals surface area contributed by atoms with Gasteiger partial charge in [-0.05, 0) is 90.0 Å². The molecule has 2 atom stereocenters. The monoisotopic (exact) mass is 776 g/mol. The summed E-state index contributed by atoms with van der Waals surface area (Å²) in [6, 6.07) is 2.90. The van der Waals surface area contributed by atoms with Crippen molar-refractivity contribution in [3.8, 4) is 0 Å². The normalized spacial score (nSPS) is 11.8. The van der Waals surface area contributed by atoms with Crippen molar-refractivity contribution >= 4 is 57.9 Å². The number of benzene rings is 1. The summed E-state index contributed by atoms with van der Waals surface area (Å²) >= 11 is 4.64. The van der Waals surface area contributed by atoms with Crippen molar-refractivity contribution in [3.63, 3.8) is 0 Å². The molecule has 1 aromatic carbocycles. The number of alkyl carbamates (subject to hydrolysis) is 2. The van der Waals surface area contributed by atoms with Crippen molar-refractivity contribution in [3.05, 3.63) is 22.2 Å². The lowest BCUT2D eigenvalue weighted by Crippen LogP contribution is -2.33. The molecule has 1 aromatic heterocycles. The zero-order valence-electron chi connectivity index (χ0n) is 32.9. The molecule has 0 aliphatic carbocycles. The van der Waals surface area contributed by atoms with Crippen molar-refractivity contribution in [2.45, 2.75) is 118 Å². The highest BCUT2D eigenvalue weighted by atomic mass is 35.5. The van der Waals surface area contributed by atoms with Crippen LogP contribution in [-0.2, 0) is 19.1 Å². The molecule has 0 unspecified atom stereocenters. The number of nitrogens with zero attached hydrogens (tertiary/aromatic N) is 3. The number of rotatable bonds is 18. The number of amides is 2. The number of aromatic nitrogens is 2. The molecular weight excluding hydrogens is 716 g/mol. The first-order valence-electron chi connectivity index (χ1n) is 17.5. The Bertz CT molecular complexity index is 1380. The largest absolute Gasteiger partial charge is 0.481 e. The van der Waals surface area contributed by atoms with Crippen molar-refractivity contribution < 1.29 is 48.4 Å². The van der Waals surface area contributed by atoms with Gasteiger partial charge in [0.05, 0.1) is 16.5 Å². The maximum absolute atomic E-state index is 12.3. The average Bonchev–Trinajstić information content (AvgIpc) is 3.57. The van der Waals surface area contributed by atoms with Crippen LogP contribution in [0.4, 0.5) is 21.0 Å². The van der Waals surface area contributed by atoms with E-state index in [0.29, 0.717) is 50.1 Å². The molecular formula is C35H61ClN6O11. The second-order valence-corrected chi connectivity index (χ2v) is 13.8. The van der Waals surface area contributed by atoms with Crippen LogP contribution in [0.25, 0.3) is 11.0 Å². The topological polar surface area (TPSA) is 245 Å². The van der Waals surface area contributed by atoms with Crippen LogP contribution in [0.3, 0.4) is 0 Å². The smallest absolute Gasteiger partial charge is 0.407 e. The van der Waals surface area contributed by atoms with E-state index in [0.717, 1.165) is 39.2 Å². The van der Waals surface area contributed by atoms with Crippen molar-refractivity contribution in [2.75, 3.05) is 38.4 Å². The number of hydrogen-bond acceptors (Lipinski definition) is 13. The minimum atomic E-state index is -0.773. The number of ether oxygens (including phenoxy) is 2. The predicted molar refractivity (Wildman–Crippen MR) is 203 cm³/mol. The lowest BCUT2D eigenvalue weighted by atomic mass is 9.96. The van der Waals surface area contributed by atoms with Crippen LogP contribution in [0.15, 0.2) is 16.8 Å². The Morgan fingerprint density at radius 2 is 1.28 bits per heavy atom. The number of anilines is 1. The summed E-state index contributed by atoms with van der Waals surface area (Å²) < 4.78 is 14.9.